The molecule has 0 spiro atoms. The predicted molar refractivity (Wildman–Crippen MR) is 166 cm³/mol. The van der Waals surface area contributed by atoms with Gasteiger partial charge in [0, 0.05) is 16.8 Å². The summed E-state index contributed by atoms with van der Waals surface area (Å²) in [5.41, 5.74) is 1.01. The van der Waals surface area contributed by atoms with Gasteiger partial charge in [0.15, 0.2) is 5.78 Å². The lowest BCUT2D eigenvalue weighted by Crippen LogP contribution is -2.38. The van der Waals surface area contributed by atoms with Crippen molar-refractivity contribution in [1.82, 2.24) is 0 Å². The van der Waals surface area contributed by atoms with Gasteiger partial charge >= 0.3 is 6.18 Å². The standard InChI is InChI=1S/C33H30ClF3N2O4S/c1-21-8-15-27(16-9-21)44(42,43)39(26-14-17-29(34)28(19-26)33(35,36)37)20-30(40)38-25-7-5-6-23(18-25)31(41)22-10-12-24(13-11-22)32(2,3)4/h5-19H,20H2,1-4H3,(H,38,40). The predicted octanol–water partition coefficient (Wildman–Crippen LogP) is 8.03. The van der Waals surface area contributed by atoms with Gasteiger partial charge in [0.05, 0.1) is 21.2 Å². The van der Waals surface area contributed by atoms with E-state index in [1.54, 1.807) is 31.2 Å². The highest BCUT2D eigenvalue weighted by Crippen LogP contribution is 2.38. The Morgan fingerprint density at radius 2 is 1.48 bits per heavy atom. The lowest BCUT2D eigenvalue weighted by molar-refractivity contribution is -0.137. The van der Waals surface area contributed by atoms with Crippen molar-refractivity contribution in [2.75, 3.05) is 16.2 Å². The van der Waals surface area contributed by atoms with E-state index in [2.05, 4.69) is 26.1 Å². The number of nitrogens with one attached hydrogen (secondary N) is 1. The van der Waals surface area contributed by atoms with Gasteiger partial charge in [-0.2, -0.15) is 13.2 Å². The second kappa shape index (κ2) is 12.5. The average molecular weight is 643 g/mol. The Balaban J connectivity index is 1.63. The Bertz CT molecular complexity index is 1800. The van der Waals surface area contributed by atoms with Gasteiger partial charge in [-0.05, 0) is 60.4 Å². The molecule has 0 saturated heterocycles. The van der Waals surface area contributed by atoms with Gasteiger partial charge in [-0.1, -0.05) is 86.5 Å². The van der Waals surface area contributed by atoms with Crippen LogP contribution in [-0.4, -0.2) is 26.7 Å². The van der Waals surface area contributed by atoms with Gasteiger partial charge in [-0.3, -0.25) is 13.9 Å². The van der Waals surface area contributed by atoms with E-state index in [0.717, 1.165) is 23.3 Å². The number of hydrogen-bond donors (Lipinski definition) is 1. The Morgan fingerprint density at radius 3 is 2.07 bits per heavy atom. The van der Waals surface area contributed by atoms with Crippen LogP contribution in [0.4, 0.5) is 24.5 Å². The van der Waals surface area contributed by atoms with E-state index in [9.17, 15) is 31.2 Å². The Kier molecular flexibility index (Phi) is 9.27. The Labute approximate surface area is 259 Å². The minimum Gasteiger partial charge on any atom is -0.324 e. The van der Waals surface area contributed by atoms with Gasteiger partial charge in [0.25, 0.3) is 10.0 Å². The molecule has 0 aliphatic carbocycles. The normalized spacial score (nSPS) is 12.1. The molecule has 44 heavy (non-hydrogen) atoms. The van der Waals surface area contributed by atoms with Gasteiger partial charge in [-0.15, -0.1) is 0 Å². The van der Waals surface area contributed by atoms with Gasteiger partial charge in [0.1, 0.15) is 6.54 Å². The molecule has 4 rings (SSSR count). The Hall–Kier alpha value is -4.15. The lowest BCUT2D eigenvalue weighted by Gasteiger charge is -2.25. The topological polar surface area (TPSA) is 83.6 Å². The minimum atomic E-state index is -4.87. The van der Waals surface area contributed by atoms with E-state index < -0.39 is 44.9 Å². The summed E-state index contributed by atoms with van der Waals surface area (Å²) in [7, 11) is -4.50. The van der Waals surface area contributed by atoms with E-state index in [1.807, 2.05) is 12.1 Å². The molecule has 1 N–H and O–H groups in total. The van der Waals surface area contributed by atoms with E-state index in [0.29, 0.717) is 15.9 Å². The number of aryl methyl sites for hydroxylation is 1. The average Bonchev–Trinajstić information content (AvgIpc) is 2.95. The fourth-order valence-electron chi connectivity index (χ4n) is 4.40. The molecule has 0 aromatic heterocycles. The maximum atomic E-state index is 13.7. The molecule has 0 radical (unpaired) electrons. The van der Waals surface area contributed by atoms with E-state index in [-0.39, 0.29) is 27.3 Å². The van der Waals surface area contributed by atoms with Crippen molar-refractivity contribution in [3.63, 3.8) is 0 Å². The minimum absolute atomic E-state index is 0.0904. The van der Waals surface area contributed by atoms with Crippen molar-refractivity contribution in [3.05, 3.63) is 124 Å². The van der Waals surface area contributed by atoms with Crippen LogP contribution < -0.4 is 9.62 Å². The van der Waals surface area contributed by atoms with Crippen LogP contribution in [0, 0.1) is 6.92 Å². The van der Waals surface area contributed by atoms with Crippen LogP contribution in [0.1, 0.15) is 53.4 Å². The molecule has 4 aromatic carbocycles. The first-order valence-electron chi connectivity index (χ1n) is 13.5. The quantitative estimate of drug-likeness (QED) is 0.197. The van der Waals surface area contributed by atoms with E-state index in [4.69, 9.17) is 11.6 Å². The first-order valence-corrected chi connectivity index (χ1v) is 15.3. The highest BCUT2D eigenvalue weighted by Gasteiger charge is 2.35. The molecule has 0 aliphatic heterocycles. The second-order valence-electron chi connectivity index (χ2n) is 11.3. The zero-order chi connectivity index (χ0) is 32.4. The number of nitrogens with zero attached hydrogens (tertiary/aromatic N) is 1. The van der Waals surface area contributed by atoms with Crippen LogP contribution in [-0.2, 0) is 26.4 Å². The van der Waals surface area contributed by atoms with Crippen molar-refractivity contribution in [2.45, 2.75) is 44.2 Å². The summed E-state index contributed by atoms with van der Waals surface area (Å²) in [5.74, 6) is -1.13. The van der Waals surface area contributed by atoms with E-state index >= 15 is 0 Å². The number of carbonyl (C=O) groups is 2. The third-order valence-electron chi connectivity index (χ3n) is 6.86. The van der Waals surface area contributed by atoms with Crippen LogP contribution in [0.15, 0.2) is 95.9 Å². The highest BCUT2D eigenvalue weighted by molar-refractivity contribution is 7.92. The fraction of sp³-hybridized carbons (Fsp3) is 0.212. The first-order chi connectivity index (χ1) is 20.5. The summed E-state index contributed by atoms with van der Waals surface area (Å²) in [6.07, 6.45) is -4.87. The molecule has 1 amide bonds. The van der Waals surface area contributed by atoms with Crippen molar-refractivity contribution in [2.24, 2.45) is 0 Å². The molecule has 0 bridgehead atoms. The molecule has 0 aliphatic rings. The van der Waals surface area contributed by atoms with Crippen molar-refractivity contribution in [1.29, 1.82) is 0 Å². The number of sulfonamides is 1. The molecule has 4 aromatic rings. The zero-order valence-corrected chi connectivity index (χ0v) is 25.9. The van der Waals surface area contributed by atoms with Crippen LogP contribution in [0.3, 0.4) is 0 Å². The molecule has 0 heterocycles. The maximum absolute atomic E-state index is 13.7. The monoisotopic (exact) mass is 642 g/mol. The number of benzene rings is 4. The maximum Gasteiger partial charge on any atom is 0.417 e. The second-order valence-corrected chi connectivity index (χ2v) is 13.5. The number of alkyl halides is 3. The number of carbonyl (C=O) groups excluding carboxylic acids is 2. The summed E-state index contributed by atoms with van der Waals surface area (Å²) >= 11 is 5.76. The number of halogens is 4. The van der Waals surface area contributed by atoms with Crippen LogP contribution >= 0.6 is 11.6 Å². The zero-order valence-electron chi connectivity index (χ0n) is 24.4. The Morgan fingerprint density at radius 1 is 0.841 bits per heavy atom. The lowest BCUT2D eigenvalue weighted by atomic mass is 9.86. The molecule has 0 atom stereocenters. The third-order valence-corrected chi connectivity index (χ3v) is 8.98. The fourth-order valence-corrected chi connectivity index (χ4v) is 6.03. The van der Waals surface area contributed by atoms with Gasteiger partial charge < -0.3 is 5.32 Å². The molecule has 6 nitrogen and oxygen atoms in total. The largest absolute Gasteiger partial charge is 0.417 e. The molecule has 230 valence electrons. The summed E-state index contributed by atoms with van der Waals surface area (Å²) in [6, 6.07) is 21.6. The number of rotatable bonds is 8. The van der Waals surface area contributed by atoms with Gasteiger partial charge in [0.2, 0.25) is 5.91 Å². The number of hydrogen-bond acceptors (Lipinski definition) is 4. The van der Waals surface area contributed by atoms with Crippen LogP contribution in [0.2, 0.25) is 5.02 Å². The van der Waals surface area contributed by atoms with Gasteiger partial charge in [-0.25, -0.2) is 8.42 Å². The van der Waals surface area contributed by atoms with E-state index in [1.165, 1.54) is 36.4 Å². The number of ketones is 1. The molecular formula is C33H30ClF3N2O4S. The van der Waals surface area contributed by atoms with Crippen molar-refractivity contribution >= 4 is 44.7 Å². The highest BCUT2D eigenvalue weighted by atomic mass is 35.5. The summed E-state index contributed by atoms with van der Waals surface area (Å²) in [5, 5.41) is 1.94. The third kappa shape index (κ3) is 7.49. The molecule has 11 heteroatoms. The molecule has 0 unspecified atom stereocenters. The summed E-state index contributed by atoms with van der Waals surface area (Å²) < 4.78 is 68.8. The SMILES string of the molecule is Cc1ccc(S(=O)(=O)N(CC(=O)Nc2cccc(C(=O)c3ccc(C(C)(C)C)cc3)c2)c2ccc(Cl)c(C(F)(F)F)c2)cc1. The van der Waals surface area contributed by atoms with Crippen LogP contribution in [0.5, 0.6) is 0 Å². The number of amides is 1. The molecule has 0 saturated carbocycles. The smallest absolute Gasteiger partial charge is 0.324 e. The van der Waals surface area contributed by atoms with Crippen LogP contribution in [0.25, 0.3) is 0 Å². The number of anilines is 2. The van der Waals surface area contributed by atoms with Crippen molar-refractivity contribution < 1.29 is 31.2 Å². The van der Waals surface area contributed by atoms with Crippen molar-refractivity contribution in [3.8, 4) is 0 Å². The summed E-state index contributed by atoms with van der Waals surface area (Å²) in [4.78, 5) is 26.1. The first kappa shape index (κ1) is 32.8. The molecular weight excluding hydrogens is 613 g/mol. The summed E-state index contributed by atoms with van der Waals surface area (Å²) in [6.45, 7) is 7.07. The molecule has 0 fully saturated rings.